The highest BCUT2D eigenvalue weighted by Crippen LogP contribution is 2.51. The van der Waals surface area contributed by atoms with Gasteiger partial charge < -0.3 is 8.98 Å². The molecule has 0 fully saturated rings. The van der Waals surface area contributed by atoms with Gasteiger partial charge in [0.2, 0.25) is 0 Å². The molecule has 1 aliphatic rings. The molecule has 0 saturated heterocycles. The molecule has 3 aromatic heterocycles. The largest absolute Gasteiger partial charge is 0.454 e. The van der Waals surface area contributed by atoms with Gasteiger partial charge in [-0.1, -0.05) is 159 Å². The third kappa shape index (κ3) is 5.16. The second-order valence-electron chi connectivity index (χ2n) is 16.2. The average Bonchev–Trinajstić information content (AvgIpc) is 3.91. The second kappa shape index (κ2) is 12.7. The lowest BCUT2D eigenvalue weighted by Gasteiger charge is -2.21. The van der Waals surface area contributed by atoms with Crippen LogP contribution in [0.5, 0.6) is 0 Å². The zero-order valence-corrected chi connectivity index (χ0v) is 32.6. The first-order chi connectivity index (χ1) is 29.0. The highest BCUT2D eigenvalue weighted by atomic mass is 16.3. The monoisotopic (exact) mass is 755 g/mol. The maximum absolute atomic E-state index is 6.97. The Morgan fingerprint density at radius 3 is 1.88 bits per heavy atom. The third-order valence-electron chi connectivity index (χ3n) is 12.4. The van der Waals surface area contributed by atoms with E-state index >= 15 is 0 Å². The van der Waals surface area contributed by atoms with Crippen LogP contribution in [0, 0.1) is 0 Å². The summed E-state index contributed by atoms with van der Waals surface area (Å²) in [6.45, 7) is 4.69. The van der Waals surface area contributed by atoms with Gasteiger partial charge in [0.15, 0.2) is 11.4 Å². The Bertz CT molecular complexity index is 3450. The molecule has 8 aromatic carbocycles. The van der Waals surface area contributed by atoms with Crippen molar-refractivity contribution in [2.24, 2.45) is 0 Å². The van der Waals surface area contributed by atoms with Gasteiger partial charge in [-0.3, -0.25) is 0 Å². The smallest absolute Gasteiger partial charge is 0.160 e. The van der Waals surface area contributed by atoms with E-state index in [0.717, 1.165) is 66.8 Å². The van der Waals surface area contributed by atoms with Gasteiger partial charge in [0, 0.05) is 43.7 Å². The molecule has 4 heteroatoms. The van der Waals surface area contributed by atoms with Crippen molar-refractivity contribution >= 4 is 43.7 Å². The summed E-state index contributed by atoms with van der Waals surface area (Å²) in [5.41, 5.74) is 17.3. The van der Waals surface area contributed by atoms with Crippen LogP contribution in [-0.4, -0.2) is 14.5 Å². The van der Waals surface area contributed by atoms with Gasteiger partial charge in [-0.25, -0.2) is 9.97 Å². The molecule has 0 atom stereocenters. The summed E-state index contributed by atoms with van der Waals surface area (Å²) in [6.07, 6.45) is 0. The van der Waals surface area contributed by atoms with E-state index < -0.39 is 0 Å². The molecule has 3 heterocycles. The first-order valence-corrected chi connectivity index (χ1v) is 20.2. The molecule has 11 aromatic rings. The van der Waals surface area contributed by atoms with Crippen LogP contribution in [0.25, 0.3) is 106 Å². The fourth-order valence-electron chi connectivity index (χ4n) is 9.46. The highest BCUT2D eigenvalue weighted by Gasteiger charge is 2.36. The van der Waals surface area contributed by atoms with Crippen molar-refractivity contribution in [1.82, 2.24) is 14.5 Å². The topological polar surface area (TPSA) is 43.9 Å². The lowest BCUT2D eigenvalue weighted by molar-refractivity contribution is 0.661. The van der Waals surface area contributed by atoms with Crippen molar-refractivity contribution in [3.8, 4) is 61.8 Å². The summed E-state index contributed by atoms with van der Waals surface area (Å²) in [7, 11) is 0. The number of nitrogens with zero attached hydrogens (tertiary/aromatic N) is 3. The first kappa shape index (κ1) is 33.6. The van der Waals surface area contributed by atoms with E-state index in [2.05, 4.69) is 182 Å². The van der Waals surface area contributed by atoms with Crippen LogP contribution in [0.1, 0.15) is 25.0 Å². The molecule has 0 saturated carbocycles. The molecule has 0 amide bonds. The number of hydrogen-bond donors (Lipinski definition) is 0. The molecule has 0 aliphatic heterocycles. The Morgan fingerprint density at radius 1 is 0.424 bits per heavy atom. The summed E-state index contributed by atoms with van der Waals surface area (Å²) in [5.74, 6) is 0.678. The number of hydrogen-bond acceptors (Lipinski definition) is 3. The molecule has 0 bridgehead atoms. The fraction of sp³-hybridized carbons (Fsp3) is 0.0545. The summed E-state index contributed by atoms with van der Waals surface area (Å²) in [5, 5.41) is 4.63. The van der Waals surface area contributed by atoms with Crippen LogP contribution in [-0.2, 0) is 5.41 Å². The van der Waals surface area contributed by atoms with E-state index in [1.165, 1.54) is 44.1 Å². The number of benzene rings is 8. The Labute approximate surface area is 341 Å². The summed E-state index contributed by atoms with van der Waals surface area (Å²) in [4.78, 5) is 10.3. The number of furan rings is 1. The molecule has 0 radical (unpaired) electrons. The molecule has 0 unspecified atom stereocenters. The minimum Gasteiger partial charge on any atom is -0.454 e. The molecular formula is C55H37N3O. The molecule has 0 spiro atoms. The van der Waals surface area contributed by atoms with Crippen molar-refractivity contribution in [1.29, 1.82) is 0 Å². The third-order valence-corrected chi connectivity index (χ3v) is 12.4. The van der Waals surface area contributed by atoms with Crippen LogP contribution < -0.4 is 0 Å². The zero-order valence-electron chi connectivity index (χ0n) is 32.6. The minimum absolute atomic E-state index is 0.0843. The lowest BCUT2D eigenvalue weighted by atomic mass is 9.82. The van der Waals surface area contributed by atoms with Crippen LogP contribution in [0.4, 0.5) is 0 Å². The lowest BCUT2D eigenvalue weighted by Crippen LogP contribution is -2.14. The zero-order chi connectivity index (χ0) is 39.2. The molecule has 0 N–H and O–H groups in total. The number of rotatable bonds is 5. The Kier molecular flexibility index (Phi) is 7.24. The van der Waals surface area contributed by atoms with Crippen LogP contribution >= 0.6 is 0 Å². The predicted octanol–water partition coefficient (Wildman–Crippen LogP) is 14.4. The highest BCUT2D eigenvalue weighted by molar-refractivity contribution is 6.14. The summed E-state index contributed by atoms with van der Waals surface area (Å²) >= 11 is 0. The van der Waals surface area contributed by atoms with Gasteiger partial charge in [0.25, 0.3) is 0 Å². The van der Waals surface area contributed by atoms with Gasteiger partial charge >= 0.3 is 0 Å². The van der Waals surface area contributed by atoms with Crippen molar-refractivity contribution in [3.05, 3.63) is 199 Å². The second-order valence-corrected chi connectivity index (χ2v) is 16.2. The standard InChI is InChI=1S/C55H37N3O/c1-55(2)45-21-11-9-18-39(45)43-32-51-44(31-46(43)55)40-19-10-12-22-49(40)58(51)50-23-13-20-42-41-29-28-38(30-52(41)59-53(42)50)48-33-47(36-16-7-4-8-17-36)56-54(57-48)37-26-24-35(25-27-37)34-14-5-3-6-15-34/h3-33H,1-2H3. The molecule has 1 aliphatic carbocycles. The van der Waals surface area contributed by atoms with E-state index in [1.807, 2.05) is 24.3 Å². The Morgan fingerprint density at radius 2 is 1.07 bits per heavy atom. The van der Waals surface area contributed by atoms with Gasteiger partial charge in [0.1, 0.15) is 5.58 Å². The Hall–Kier alpha value is -7.56. The minimum atomic E-state index is -0.0843. The van der Waals surface area contributed by atoms with E-state index in [9.17, 15) is 0 Å². The van der Waals surface area contributed by atoms with E-state index in [0.29, 0.717) is 5.82 Å². The van der Waals surface area contributed by atoms with Gasteiger partial charge in [0.05, 0.1) is 28.1 Å². The van der Waals surface area contributed by atoms with Gasteiger partial charge in [-0.2, -0.15) is 0 Å². The van der Waals surface area contributed by atoms with E-state index in [4.69, 9.17) is 14.4 Å². The molecule has 4 nitrogen and oxygen atoms in total. The Balaban J connectivity index is 1.02. The molecule has 278 valence electrons. The van der Waals surface area contributed by atoms with E-state index in [1.54, 1.807) is 0 Å². The van der Waals surface area contributed by atoms with Gasteiger partial charge in [-0.05, 0) is 75.8 Å². The van der Waals surface area contributed by atoms with E-state index in [-0.39, 0.29) is 5.41 Å². The summed E-state index contributed by atoms with van der Waals surface area (Å²) in [6, 6.07) is 66.8. The average molecular weight is 756 g/mol. The van der Waals surface area contributed by atoms with Crippen molar-refractivity contribution < 1.29 is 4.42 Å². The fourth-order valence-corrected chi connectivity index (χ4v) is 9.46. The van der Waals surface area contributed by atoms with Crippen LogP contribution in [0.3, 0.4) is 0 Å². The van der Waals surface area contributed by atoms with Crippen molar-refractivity contribution in [2.45, 2.75) is 19.3 Å². The van der Waals surface area contributed by atoms with Crippen molar-refractivity contribution in [2.75, 3.05) is 0 Å². The quantitative estimate of drug-likeness (QED) is 0.176. The number of aromatic nitrogens is 3. The van der Waals surface area contributed by atoms with Crippen molar-refractivity contribution in [3.63, 3.8) is 0 Å². The summed E-state index contributed by atoms with van der Waals surface area (Å²) < 4.78 is 9.37. The molecule has 59 heavy (non-hydrogen) atoms. The maximum Gasteiger partial charge on any atom is 0.160 e. The van der Waals surface area contributed by atoms with Gasteiger partial charge in [-0.15, -0.1) is 0 Å². The number of para-hydroxylation sites is 2. The molecular weight excluding hydrogens is 719 g/mol. The van der Waals surface area contributed by atoms with Crippen LogP contribution in [0.2, 0.25) is 0 Å². The number of fused-ring (bicyclic) bond motifs is 9. The normalized spacial score (nSPS) is 13.1. The SMILES string of the molecule is CC1(C)c2ccccc2-c2cc3c(cc21)c1ccccc1n3-c1cccc2c1oc1cc(-c3cc(-c4ccccc4)nc(-c4ccc(-c5ccccc5)cc4)n3)ccc12. The molecule has 12 rings (SSSR count). The first-order valence-electron chi connectivity index (χ1n) is 20.2. The maximum atomic E-state index is 6.97. The predicted molar refractivity (Wildman–Crippen MR) is 243 cm³/mol. The van der Waals surface area contributed by atoms with Crippen LogP contribution in [0.15, 0.2) is 192 Å².